The first-order valence-electron chi connectivity index (χ1n) is 9.19. The maximum Gasteiger partial charge on any atom is 0.434 e. The van der Waals surface area contributed by atoms with Gasteiger partial charge in [-0.2, -0.15) is 13.1 Å². The van der Waals surface area contributed by atoms with Crippen LogP contribution < -0.4 is 20.1 Å². The Bertz CT molecular complexity index is 1220. The van der Waals surface area contributed by atoms with E-state index in [4.69, 9.17) is 8.60 Å². The molecule has 1 unspecified atom stereocenters. The van der Waals surface area contributed by atoms with E-state index in [9.17, 15) is 22.8 Å². The van der Waals surface area contributed by atoms with Crippen molar-refractivity contribution in [3.63, 3.8) is 0 Å². The number of aromatic nitrogens is 2. The van der Waals surface area contributed by atoms with Gasteiger partial charge in [0.25, 0.3) is 0 Å². The third-order valence-electron chi connectivity index (χ3n) is 4.90. The van der Waals surface area contributed by atoms with E-state index < -0.39 is 33.8 Å². The molecule has 0 saturated heterocycles. The molecule has 0 aliphatic rings. The zero-order valence-corrected chi connectivity index (χ0v) is 17.7. The van der Waals surface area contributed by atoms with Crippen LogP contribution in [0.4, 0.5) is 10.1 Å². The zero-order valence-electron chi connectivity index (χ0n) is 16.9. The molecule has 4 N–H and O–H groups in total. The number of H-pyrrole nitrogens is 1. The van der Waals surface area contributed by atoms with Gasteiger partial charge in [-0.1, -0.05) is 13.0 Å². The van der Waals surface area contributed by atoms with Gasteiger partial charge in [-0.05, 0) is 48.7 Å². The first-order valence-corrected chi connectivity index (χ1v) is 10.6. The van der Waals surface area contributed by atoms with Crippen LogP contribution in [0.25, 0.3) is 0 Å². The quantitative estimate of drug-likeness (QED) is 0.346. The van der Waals surface area contributed by atoms with Crippen LogP contribution in [0.3, 0.4) is 0 Å². The molecule has 0 bridgehead atoms. The van der Waals surface area contributed by atoms with Crippen molar-refractivity contribution in [1.29, 1.82) is 0 Å². The molecule has 0 saturated carbocycles. The molecule has 3 aromatic rings. The minimum absolute atomic E-state index is 0.0501. The van der Waals surface area contributed by atoms with Crippen molar-refractivity contribution < 1.29 is 26.9 Å². The third-order valence-corrected chi connectivity index (χ3v) is 5.86. The molecule has 0 aliphatic carbocycles. The first-order chi connectivity index (χ1) is 14.6. The van der Waals surface area contributed by atoms with Gasteiger partial charge >= 0.3 is 16.1 Å². The molecule has 31 heavy (non-hydrogen) atoms. The number of hydrogen-bond donors (Lipinski definition) is 3. The molecule has 0 spiro atoms. The van der Waals surface area contributed by atoms with Crippen LogP contribution in [-0.4, -0.2) is 18.6 Å². The highest BCUT2D eigenvalue weighted by Gasteiger charge is 2.33. The summed E-state index contributed by atoms with van der Waals surface area (Å²) in [6.45, 7) is 5.08. The Morgan fingerprint density at radius 3 is 2.48 bits per heavy atom. The second kappa shape index (κ2) is 8.98. The lowest BCUT2D eigenvalue weighted by Gasteiger charge is -2.24. The molecule has 12 heteroatoms. The first kappa shape index (κ1) is 22.6. The number of halogens is 1. The van der Waals surface area contributed by atoms with Crippen LogP contribution >= 0.6 is 0 Å². The van der Waals surface area contributed by atoms with Crippen LogP contribution in [0, 0.1) is 24.9 Å². The highest BCUT2D eigenvalue weighted by Crippen LogP contribution is 2.34. The van der Waals surface area contributed by atoms with Crippen LogP contribution in [-0.2, 0) is 10.3 Å². The van der Waals surface area contributed by atoms with E-state index in [1.807, 2.05) is 0 Å². The SMILES string of the molecule is Cc1ccc(F)c(C(C)[C@H](NS(=O)(=O)Oc2ccc([NH2+][O-])cc2)c2n[nH]c(=O)o2)c1C. The Morgan fingerprint density at radius 1 is 1.23 bits per heavy atom. The van der Waals surface area contributed by atoms with Gasteiger partial charge in [0.05, 0.1) is 0 Å². The lowest BCUT2D eigenvalue weighted by Crippen LogP contribution is -2.70. The number of aromatic amines is 1. The van der Waals surface area contributed by atoms with Crippen molar-refractivity contribution in [1.82, 2.24) is 14.9 Å². The summed E-state index contributed by atoms with van der Waals surface area (Å²) >= 11 is 0. The molecule has 2 atom stereocenters. The summed E-state index contributed by atoms with van der Waals surface area (Å²) in [6, 6.07) is 7.02. The third kappa shape index (κ3) is 5.17. The molecule has 1 aromatic heterocycles. The number of aryl methyl sites for hydroxylation is 1. The smallest absolute Gasteiger partial charge is 0.434 e. The molecule has 1 heterocycles. The largest absolute Gasteiger partial charge is 0.630 e. The fraction of sp³-hybridized carbons (Fsp3) is 0.263. The normalized spacial score (nSPS) is 13.7. The van der Waals surface area contributed by atoms with Gasteiger partial charge in [0.2, 0.25) is 5.89 Å². The molecule has 0 radical (unpaired) electrons. The molecular weight excluding hydrogens is 431 g/mol. The molecular formula is C19H21FN4O6S. The van der Waals surface area contributed by atoms with E-state index in [-0.39, 0.29) is 17.2 Å². The summed E-state index contributed by atoms with van der Waals surface area (Å²) in [4.78, 5) is 11.5. The number of quaternary nitrogens is 1. The second-order valence-electron chi connectivity index (χ2n) is 6.96. The van der Waals surface area contributed by atoms with E-state index in [2.05, 4.69) is 14.9 Å². The van der Waals surface area contributed by atoms with Gasteiger partial charge < -0.3 is 19.3 Å². The summed E-state index contributed by atoms with van der Waals surface area (Å²) < 4.78 is 52.2. The Morgan fingerprint density at radius 2 is 1.90 bits per heavy atom. The summed E-state index contributed by atoms with van der Waals surface area (Å²) in [5.41, 5.74) is 2.62. The van der Waals surface area contributed by atoms with Gasteiger partial charge in [0, 0.05) is 18.1 Å². The van der Waals surface area contributed by atoms with Crippen LogP contribution in [0.1, 0.15) is 41.5 Å². The Hall–Kier alpha value is -3.06. The molecule has 0 amide bonds. The molecule has 10 nitrogen and oxygen atoms in total. The molecule has 3 rings (SSSR count). The van der Waals surface area contributed by atoms with Crippen molar-refractivity contribution in [3.05, 3.63) is 80.6 Å². The Kier molecular flexibility index (Phi) is 6.55. The molecule has 166 valence electrons. The number of nitrogens with one attached hydrogen (secondary N) is 2. The zero-order chi connectivity index (χ0) is 22.8. The average Bonchev–Trinajstić information content (AvgIpc) is 3.15. The number of rotatable bonds is 8. The fourth-order valence-electron chi connectivity index (χ4n) is 3.18. The lowest BCUT2D eigenvalue weighted by atomic mass is 9.88. The van der Waals surface area contributed by atoms with Crippen LogP contribution in [0.2, 0.25) is 0 Å². The van der Waals surface area contributed by atoms with Gasteiger partial charge in [-0.15, -0.1) is 5.10 Å². The number of hydrogen-bond acceptors (Lipinski definition) is 7. The fourth-order valence-corrected chi connectivity index (χ4v) is 4.21. The van der Waals surface area contributed by atoms with Crippen molar-refractivity contribution >= 4 is 16.0 Å². The minimum Gasteiger partial charge on any atom is -0.630 e. The number of benzene rings is 2. The molecule has 2 aromatic carbocycles. The Labute approximate surface area is 177 Å². The average molecular weight is 452 g/mol. The summed E-state index contributed by atoms with van der Waals surface area (Å²) in [6.07, 6.45) is 0. The highest BCUT2D eigenvalue weighted by atomic mass is 32.2. The number of nitrogens with two attached hydrogens (primary N) is 1. The van der Waals surface area contributed by atoms with Crippen molar-refractivity contribution in [3.8, 4) is 5.75 Å². The van der Waals surface area contributed by atoms with Gasteiger partial charge in [0.15, 0.2) is 0 Å². The van der Waals surface area contributed by atoms with E-state index in [1.165, 1.54) is 30.3 Å². The maximum atomic E-state index is 14.7. The van der Waals surface area contributed by atoms with E-state index in [1.54, 1.807) is 26.8 Å². The predicted molar refractivity (Wildman–Crippen MR) is 108 cm³/mol. The van der Waals surface area contributed by atoms with Gasteiger partial charge in [0.1, 0.15) is 23.3 Å². The van der Waals surface area contributed by atoms with E-state index in [0.29, 0.717) is 16.7 Å². The number of nitrogens with zero attached hydrogens (tertiary/aromatic N) is 1. The minimum atomic E-state index is -4.46. The maximum absolute atomic E-state index is 14.7. The summed E-state index contributed by atoms with van der Waals surface area (Å²) in [5.74, 6) is -2.57. The standard InChI is InChI=1S/C19H21FN4O6S/c1-10-4-9-15(20)16(11(10)2)12(3)17(18-21-22-19(25)29-18)24-31(27,28)30-14-7-5-13(23-26)6-8-14/h4-9,12,17,24H,23H2,1-3H3,(H,22,25)/t12?,17-/m0/s1. The second-order valence-corrected chi connectivity index (χ2v) is 8.27. The Balaban J connectivity index is 1.96. The monoisotopic (exact) mass is 452 g/mol. The van der Waals surface area contributed by atoms with E-state index >= 15 is 0 Å². The van der Waals surface area contributed by atoms with Crippen LogP contribution in [0.15, 0.2) is 45.6 Å². The van der Waals surface area contributed by atoms with Crippen LogP contribution in [0.5, 0.6) is 5.75 Å². The van der Waals surface area contributed by atoms with Crippen molar-refractivity contribution in [2.75, 3.05) is 0 Å². The van der Waals surface area contributed by atoms with Crippen molar-refractivity contribution in [2.45, 2.75) is 32.7 Å². The highest BCUT2D eigenvalue weighted by molar-refractivity contribution is 7.85. The summed E-state index contributed by atoms with van der Waals surface area (Å²) in [7, 11) is -4.46. The summed E-state index contributed by atoms with van der Waals surface area (Å²) in [5, 5.41) is 16.5. The topological polar surface area (TPSA) is 154 Å². The van der Waals surface area contributed by atoms with Gasteiger partial charge in [-0.3, -0.25) is 0 Å². The lowest BCUT2D eigenvalue weighted by molar-refractivity contribution is -0.497. The molecule has 0 fully saturated rings. The van der Waals surface area contributed by atoms with E-state index in [0.717, 1.165) is 5.56 Å². The predicted octanol–water partition coefficient (Wildman–Crippen LogP) is 1.57. The molecule has 0 aliphatic heterocycles. The van der Waals surface area contributed by atoms with Gasteiger partial charge in [-0.25, -0.2) is 14.3 Å². The van der Waals surface area contributed by atoms with Crippen molar-refractivity contribution in [2.24, 2.45) is 0 Å².